The molecule has 1 aromatic carbocycles. The lowest BCUT2D eigenvalue weighted by Gasteiger charge is -2.08. The van der Waals surface area contributed by atoms with E-state index in [4.69, 9.17) is 0 Å². The van der Waals surface area contributed by atoms with E-state index in [9.17, 15) is 13.2 Å². The third-order valence-electron chi connectivity index (χ3n) is 1.40. The number of ether oxygens (including phenoxy) is 1. The van der Waals surface area contributed by atoms with Gasteiger partial charge in [0, 0.05) is 0 Å². The number of hydrogen-bond acceptors (Lipinski definition) is 3. The Morgan fingerprint density at radius 1 is 1.25 bits per heavy atom. The molecule has 1 rings (SSSR count). The molecule has 1 aromatic rings. The molecule has 1 atom stereocenters. The molecule has 0 saturated heterocycles. The zero-order chi connectivity index (χ0) is 12.2. The van der Waals surface area contributed by atoms with Crippen LogP contribution in [0.3, 0.4) is 0 Å². The maximum Gasteiger partial charge on any atom is 0.573 e. The summed E-state index contributed by atoms with van der Waals surface area (Å²) in [6.07, 6.45) is -4.67. The van der Waals surface area contributed by atoms with Gasteiger partial charge >= 0.3 is 6.36 Å². The van der Waals surface area contributed by atoms with Gasteiger partial charge in [0.1, 0.15) is 10.7 Å². The summed E-state index contributed by atoms with van der Waals surface area (Å²) >= 11 is 3.15. The number of hydrogen-bond donors (Lipinski definition) is 0. The van der Waals surface area contributed by atoms with Crippen LogP contribution < -0.4 is 4.74 Å². The van der Waals surface area contributed by atoms with Crippen molar-refractivity contribution in [3.05, 3.63) is 24.3 Å². The van der Waals surface area contributed by atoms with Gasteiger partial charge in [0.2, 0.25) is 0 Å². The van der Waals surface area contributed by atoms with Gasteiger partial charge in [-0.3, -0.25) is 0 Å². The maximum absolute atomic E-state index is 11.8. The minimum atomic E-state index is -4.67. The second-order valence-electron chi connectivity index (χ2n) is 2.83. The zero-order valence-corrected chi connectivity index (χ0v) is 9.79. The van der Waals surface area contributed by atoms with Crippen LogP contribution >= 0.6 is 15.9 Å². The lowest BCUT2D eigenvalue weighted by atomic mass is 10.3. The predicted molar refractivity (Wildman–Crippen MR) is 56.0 cm³/mol. The fourth-order valence-electron chi connectivity index (χ4n) is 0.861. The fourth-order valence-corrected chi connectivity index (χ4v) is 0.952. The molecule has 0 radical (unpaired) electrons. The van der Waals surface area contributed by atoms with Gasteiger partial charge in [0.15, 0.2) is 0 Å². The molecule has 0 aliphatic carbocycles. The minimum Gasteiger partial charge on any atom is -0.406 e. The molecule has 0 aromatic heterocycles. The van der Waals surface area contributed by atoms with E-state index < -0.39 is 6.36 Å². The largest absolute Gasteiger partial charge is 0.573 e. The lowest BCUT2D eigenvalue weighted by molar-refractivity contribution is -0.274. The highest BCUT2D eigenvalue weighted by Gasteiger charge is 2.30. The maximum atomic E-state index is 11.8. The highest BCUT2D eigenvalue weighted by molar-refractivity contribution is 9.09. The Morgan fingerprint density at radius 2 is 1.81 bits per heavy atom. The van der Waals surface area contributed by atoms with E-state index >= 15 is 0 Å². The summed E-state index contributed by atoms with van der Waals surface area (Å²) in [7, 11) is 0. The first-order valence-electron chi connectivity index (χ1n) is 4.27. The van der Waals surface area contributed by atoms with Crippen molar-refractivity contribution in [3.8, 4) is 5.75 Å². The fraction of sp³-hybridized carbons (Fsp3) is 0.333. The SMILES string of the molecule is CC(Br)N=Nc1ccc(OC(F)(F)F)cc1. The number of nitrogens with zero attached hydrogens (tertiary/aromatic N) is 2. The Morgan fingerprint density at radius 3 is 2.25 bits per heavy atom. The molecule has 0 N–H and O–H groups in total. The van der Waals surface area contributed by atoms with E-state index in [1.165, 1.54) is 24.3 Å². The monoisotopic (exact) mass is 296 g/mol. The normalized spacial score (nSPS) is 14.1. The molecular formula is C9H8BrF3N2O. The molecule has 16 heavy (non-hydrogen) atoms. The number of halogens is 4. The first kappa shape index (κ1) is 13.0. The van der Waals surface area contributed by atoms with Crippen LogP contribution in [-0.2, 0) is 0 Å². The number of azo groups is 1. The summed E-state index contributed by atoms with van der Waals surface area (Å²) in [6, 6.07) is 5.14. The summed E-state index contributed by atoms with van der Waals surface area (Å²) in [5.74, 6) is -0.279. The average molecular weight is 297 g/mol. The molecule has 0 heterocycles. The van der Waals surface area contributed by atoms with Crippen molar-refractivity contribution in [2.45, 2.75) is 18.2 Å². The van der Waals surface area contributed by atoms with Gasteiger partial charge in [0.05, 0.1) is 5.69 Å². The van der Waals surface area contributed by atoms with Crippen molar-refractivity contribution in [1.82, 2.24) is 0 Å². The molecule has 0 aliphatic rings. The molecule has 0 spiro atoms. The summed E-state index contributed by atoms with van der Waals surface area (Å²) in [6.45, 7) is 1.77. The van der Waals surface area contributed by atoms with E-state index in [1.807, 2.05) is 0 Å². The first-order valence-corrected chi connectivity index (χ1v) is 5.19. The third kappa shape index (κ3) is 5.11. The topological polar surface area (TPSA) is 34.0 Å². The molecular weight excluding hydrogens is 289 g/mol. The average Bonchev–Trinajstić information content (AvgIpc) is 2.14. The van der Waals surface area contributed by atoms with Gasteiger partial charge in [0.25, 0.3) is 0 Å². The Labute approximate surface area is 98.5 Å². The Kier molecular flexibility index (Phi) is 4.28. The summed E-state index contributed by atoms with van der Waals surface area (Å²) in [5.41, 5.74) is 0.459. The van der Waals surface area contributed by atoms with E-state index in [0.29, 0.717) is 5.69 Å². The van der Waals surface area contributed by atoms with Gasteiger partial charge in [-0.2, -0.15) is 10.2 Å². The van der Waals surface area contributed by atoms with Crippen molar-refractivity contribution < 1.29 is 17.9 Å². The second kappa shape index (κ2) is 5.29. The summed E-state index contributed by atoms with van der Waals surface area (Å²) in [4.78, 5) is -0.140. The van der Waals surface area contributed by atoms with Crippen molar-refractivity contribution in [1.29, 1.82) is 0 Å². The van der Waals surface area contributed by atoms with E-state index in [-0.39, 0.29) is 10.7 Å². The molecule has 0 saturated carbocycles. The molecule has 0 fully saturated rings. The zero-order valence-electron chi connectivity index (χ0n) is 8.20. The van der Waals surface area contributed by atoms with Crippen molar-refractivity contribution in [2.24, 2.45) is 10.2 Å². The number of alkyl halides is 4. The van der Waals surface area contributed by atoms with Crippen molar-refractivity contribution in [3.63, 3.8) is 0 Å². The number of rotatable bonds is 3. The van der Waals surface area contributed by atoms with Crippen LogP contribution in [0.15, 0.2) is 34.5 Å². The highest BCUT2D eigenvalue weighted by atomic mass is 79.9. The third-order valence-corrected chi connectivity index (χ3v) is 1.59. The van der Waals surface area contributed by atoms with Gasteiger partial charge in [-0.25, -0.2) is 0 Å². The van der Waals surface area contributed by atoms with Gasteiger partial charge < -0.3 is 4.74 Å². The molecule has 88 valence electrons. The van der Waals surface area contributed by atoms with Crippen LogP contribution in [-0.4, -0.2) is 11.3 Å². The second-order valence-corrected chi connectivity index (χ2v) is 4.16. The van der Waals surface area contributed by atoms with Crippen LogP contribution in [0.25, 0.3) is 0 Å². The standard InChI is InChI=1S/C9H8BrF3N2O/c1-6(10)14-15-7-2-4-8(5-3-7)16-9(11,12)13/h2-6H,1H3. The van der Waals surface area contributed by atoms with Gasteiger partial charge in [-0.15, -0.1) is 13.2 Å². The van der Waals surface area contributed by atoms with Gasteiger partial charge in [-0.05, 0) is 31.2 Å². The Balaban J connectivity index is 2.68. The van der Waals surface area contributed by atoms with E-state index in [1.54, 1.807) is 6.92 Å². The van der Waals surface area contributed by atoms with Gasteiger partial charge in [-0.1, -0.05) is 15.9 Å². The summed E-state index contributed by atoms with van der Waals surface area (Å²) in [5, 5.41) is 7.56. The quantitative estimate of drug-likeness (QED) is 0.462. The molecule has 0 bridgehead atoms. The molecule has 3 nitrogen and oxygen atoms in total. The lowest BCUT2D eigenvalue weighted by Crippen LogP contribution is -2.16. The Bertz CT molecular complexity index is 362. The Hall–Kier alpha value is -1.11. The van der Waals surface area contributed by atoms with E-state index in [2.05, 4.69) is 30.9 Å². The van der Waals surface area contributed by atoms with Crippen LogP contribution in [0.4, 0.5) is 18.9 Å². The highest BCUT2D eigenvalue weighted by Crippen LogP contribution is 2.25. The van der Waals surface area contributed by atoms with Crippen molar-refractivity contribution >= 4 is 21.6 Å². The van der Waals surface area contributed by atoms with E-state index in [0.717, 1.165) is 0 Å². The predicted octanol–water partition coefficient (Wildman–Crippen LogP) is 4.41. The summed E-state index contributed by atoms with van der Waals surface area (Å²) < 4.78 is 39.2. The number of benzene rings is 1. The van der Waals surface area contributed by atoms with Crippen molar-refractivity contribution in [2.75, 3.05) is 0 Å². The first-order chi connectivity index (χ1) is 7.37. The van der Waals surface area contributed by atoms with Crippen LogP contribution in [0.2, 0.25) is 0 Å². The molecule has 0 amide bonds. The molecule has 7 heteroatoms. The van der Waals surface area contributed by atoms with Crippen LogP contribution in [0, 0.1) is 0 Å². The van der Waals surface area contributed by atoms with Crippen LogP contribution in [0.1, 0.15) is 6.92 Å². The smallest absolute Gasteiger partial charge is 0.406 e. The minimum absolute atomic E-state index is 0.140. The van der Waals surface area contributed by atoms with Crippen LogP contribution in [0.5, 0.6) is 5.75 Å². The molecule has 1 unspecified atom stereocenters. The molecule has 0 aliphatic heterocycles.